The number of nitrogens with one attached hydrogen (secondary N) is 1. The molecule has 0 saturated heterocycles. The van der Waals surface area contributed by atoms with Crippen LogP contribution in [0.5, 0.6) is 0 Å². The van der Waals surface area contributed by atoms with Gasteiger partial charge in [-0.2, -0.15) is 12.7 Å². The molecule has 0 amide bonds. The Kier molecular flexibility index (Phi) is 5.82. The third kappa shape index (κ3) is 4.47. The van der Waals surface area contributed by atoms with E-state index in [4.69, 9.17) is 28.9 Å². The summed E-state index contributed by atoms with van der Waals surface area (Å²) in [6.45, 7) is 0.655. The van der Waals surface area contributed by atoms with E-state index in [1.165, 1.54) is 7.05 Å². The molecule has 0 unspecified atom stereocenters. The molecule has 0 atom stereocenters. The number of rotatable bonds is 6. The Morgan fingerprint density at radius 3 is 2.37 bits per heavy atom. The van der Waals surface area contributed by atoms with Gasteiger partial charge in [-0.15, -0.1) is 0 Å². The third-order valence-corrected chi connectivity index (χ3v) is 4.37. The smallest absolute Gasteiger partial charge is 0.301 e. The molecule has 0 aromatic heterocycles. The molecule has 5 nitrogen and oxygen atoms in total. The van der Waals surface area contributed by atoms with Crippen molar-refractivity contribution in [3.05, 3.63) is 28.0 Å². The van der Waals surface area contributed by atoms with Gasteiger partial charge >= 0.3 is 10.2 Å². The van der Waals surface area contributed by atoms with Crippen molar-refractivity contribution in [2.45, 2.75) is 6.42 Å². The van der Waals surface area contributed by atoms with Crippen LogP contribution in [-0.4, -0.2) is 32.9 Å². The van der Waals surface area contributed by atoms with E-state index < -0.39 is 16.0 Å². The molecular weight excluding hydrogens is 316 g/mol. The molecule has 0 aliphatic heterocycles. The summed E-state index contributed by atoms with van der Waals surface area (Å²) in [4.78, 5) is 0. The number of hydrogen-bond acceptors (Lipinski definition) is 3. The number of nitrogens with two attached hydrogens (primary N) is 1. The molecule has 0 fully saturated rings. The van der Waals surface area contributed by atoms with Crippen molar-refractivity contribution in [1.82, 2.24) is 4.31 Å². The van der Waals surface area contributed by atoms with Crippen molar-refractivity contribution in [3.63, 3.8) is 0 Å². The fraction of sp³-hybridized carbons (Fsp3) is 0.400. The predicted molar refractivity (Wildman–Crippen MR) is 75.3 cm³/mol. The van der Waals surface area contributed by atoms with Gasteiger partial charge in [0.25, 0.3) is 0 Å². The van der Waals surface area contributed by atoms with Crippen LogP contribution in [0.3, 0.4) is 0 Å². The zero-order valence-corrected chi connectivity index (χ0v) is 12.5. The molecule has 1 aromatic rings. The summed E-state index contributed by atoms with van der Waals surface area (Å²) < 4.78 is 40.4. The van der Waals surface area contributed by atoms with Crippen LogP contribution in [0.4, 0.5) is 10.1 Å². The Morgan fingerprint density at radius 2 is 1.89 bits per heavy atom. The number of anilines is 1. The summed E-state index contributed by atoms with van der Waals surface area (Å²) in [6.07, 6.45) is 0.530. The number of hydrogen-bond donors (Lipinski definition) is 2. The van der Waals surface area contributed by atoms with Gasteiger partial charge in [0.15, 0.2) is 5.82 Å². The van der Waals surface area contributed by atoms with Crippen LogP contribution in [0.1, 0.15) is 6.42 Å². The monoisotopic (exact) mass is 329 g/mol. The summed E-state index contributed by atoms with van der Waals surface area (Å²) in [5, 5.41) is -0.510. The number of benzene rings is 1. The van der Waals surface area contributed by atoms with Crippen molar-refractivity contribution in [3.8, 4) is 0 Å². The molecule has 0 radical (unpaired) electrons. The van der Waals surface area contributed by atoms with Gasteiger partial charge in [0.05, 0.1) is 15.7 Å². The second kappa shape index (κ2) is 6.71. The molecule has 19 heavy (non-hydrogen) atoms. The minimum Gasteiger partial charge on any atom is -0.330 e. The first-order valence-corrected chi connectivity index (χ1v) is 7.56. The van der Waals surface area contributed by atoms with Crippen LogP contribution in [0.25, 0.3) is 0 Å². The first kappa shape index (κ1) is 16.5. The first-order chi connectivity index (χ1) is 8.77. The molecule has 0 aliphatic carbocycles. The molecule has 0 bridgehead atoms. The maximum absolute atomic E-state index is 13.2. The standard InChI is InChI=1S/C10H14Cl2FN3O2S/c1-16(4-2-3-14)19(17,18)15-7-5-8(11)10(13)9(12)6-7/h5-6,15H,2-4,14H2,1H3. The van der Waals surface area contributed by atoms with Gasteiger partial charge in [-0.1, -0.05) is 23.2 Å². The lowest BCUT2D eigenvalue weighted by molar-refractivity contribution is 0.468. The lowest BCUT2D eigenvalue weighted by Crippen LogP contribution is -2.34. The zero-order valence-electron chi connectivity index (χ0n) is 10.2. The molecule has 0 saturated carbocycles. The molecular formula is C10H14Cl2FN3O2S. The van der Waals surface area contributed by atoms with Crippen molar-refractivity contribution in [2.24, 2.45) is 5.73 Å². The Hall–Kier alpha value is -0.600. The summed E-state index contributed by atoms with van der Waals surface area (Å²) in [7, 11) is -2.34. The largest absolute Gasteiger partial charge is 0.330 e. The minimum atomic E-state index is -3.74. The predicted octanol–water partition coefficient (Wildman–Crippen LogP) is 2.07. The Morgan fingerprint density at radius 1 is 1.37 bits per heavy atom. The quantitative estimate of drug-likeness (QED) is 0.784. The Labute approximate surface area is 121 Å². The SMILES string of the molecule is CN(CCCN)S(=O)(=O)Nc1cc(Cl)c(F)c(Cl)c1. The van der Waals surface area contributed by atoms with Gasteiger partial charge in [-0.05, 0) is 25.1 Å². The molecule has 0 heterocycles. The average Bonchev–Trinajstić information content (AvgIpc) is 2.32. The Bertz CT molecular complexity index is 531. The van der Waals surface area contributed by atoms with Gasteiger partial charge in [0, 0.05) is 13.6 Å². The molecule has 1 aromatic carbocycles. The average molecular weight is 330 g/mol. The lowest BCUT2D eigenvalue weighted by Gasteiger charge is -2.18. The minimum absolute atomic E-state index is 0.0935. The van der Waals surface area contributed by atoms with E-state index in [9.17, 15) is 12.8 Å². The fourth-order valence-electron chi connectivity index (χ4n) is 1.28. The van der Waals surface area contributed by atoms with Crippen molar-refractivity contribution in [1.29, 1.82) is 0 Å². The summed E-state index contributed by atoms with van der Waals surface area (Å²) in [5.41, 5.74) is 5.40. The van der Waals surface area contributed by atoms with E-state index in [2.05, 4.69) is 4.72 Å². The van der Waals surface area contributed by atoms with E-state index in [1.54, 1.807) is 0 Å². The Balaban J connectivity index is 2.89. The summed E-state index contributed by atoms with van der Waals surface area (Å²) >= 11 is 11.2. The van der Waals surface area contributed by atoms with E-state index in [-0.39, 0.29) is 22.3 Å². The summed E-state index contributed by atoms with van der Waals surface area (Å²) in [6, 6.07) is 2.30. The fourth-order valence-corrected chi connectivity index (χ4v) is 2.70. The van der Waals surface area contributed by atoms with Gasteiger partial charge in [-0.3, -0.25) is 4.72 Å². The van der Waals surface area contributed by atoms with Gasteiger partial charge in [0.1, 0.15) is 0 Å². The third-order valence-electron chi connectivity index (χ3n) is 2.32. The molecule has 1 rings (SSSR count). The van der Waals surface area contributed by atoms with Gasteiger partial charge < -0.3 is 5.73 Å². The highest BCUT2D eigenvalue weighted by Gasteiger charge is 2.18. The highest BCUT2D eigenvalue weighted by atomic mass is 35.5. The second-order valence-electron chi connectivity index (χ2n) is 3.82. The highest BCUT2D eigenvalue weighted by molar-refractivity contribution is 7.90. The van der Waals surface area contributed by atoms with Gasteiger partial charge in [0.2, 0.25) is 0 Å². The topological polar surface area (TPSA) is 75.4 Å². The molecule has 0 aliphatic rings. The van der Waals surface area contributed by atoms with E-state index in [1.807, 2.05) is 0 Å². The second-order valence-corrected chi connectivity index (χ2v) is 6.42. The van der Waals surface area contributed by atoms with Crippen LogP contribution in [-0.2, 0) is 10.2 Å². The lowest BCUT2D eigenvalue weighted by atomic mass is 10.3. The molecule has 9 heteroatoms. The maximum atomic E-state index is 13.2. The van der Waals surface area contributed by atoms with Crippen LogP contribution in [0.15, 0.2) is 12.1 Å². The van der Waals surface area contributed by atoms with Crippen LogP contribution in [0, 0.1) is 5.82 Å². The van der Waals surface area contributed by atoms with Crippen molar-refractivity contribution in [2.75, 3.05) is 24.9 Å². The molecule has 3 N–H and O–H groups in total. The van der Waals surface area contributed by atoms with Crippen molar-refractivity contribution >= 4 is 39.1 Å². The van der Waals surface area contributed by atoms with Crippen molar-refractivity contribution < 1.29 is 12.8 Å². The van der Waals surface area contributed by atoms with E-state index in [0.717, 1.165) is 16.4 Å². The van der Waals surface area contributed by atoms with Crippen LogP contribution >= 0.6 is 23.2 Å². The zero-order chi connectivity index (χ0) is 14.6. The van der Waals surface area contributed by atoms with Gasteiger partial charge in [-0.25, -0.2) is 4.39 Å². The highest BCUT2D eigenvalue weighted by Crippen LogP contribution is 2.28. The van der Waals surface area contributed by atoms with Crippen LogP contribution < -0.4 is 10.5 Å². The molecule has 0 spiro atoms. The first-order valence-electron chi connectivity index (χ1n) is 5.36. The number of nitrogens with zero attached hydrogens (tertiary/aromatic N) is 1. The summed E-state index contributed by atoms with van der Waals surface area (Å²) in [5.74, 6) is -0.789. The van der Waals surface area contributed by atoms with E-state index >= 15 is 0 Å². The van der Waals surface area contributed by atoms with Crippen LogP contribution in [0.2, 0.25) is 10.0 Å². The van der Waals surface area contributed by atoms with E-state index in [0.29, 0.717) is 13.0 Å². The normalized spacial score (nSPS) is 11.9. The molecule has 108 valence electrons. The maximum Gasteiger partial charge on any atom is 0.301 e. The number of halogens is 3.